The molecule has 2 saturated carbocycles. The number of hydrogen-bond donors (Lipinski definition) is 1. The number of nitrogens with one attached hydrogen (secondary N) is 1. The van der Waals surface area contributed by atoms with Crippen LogP contribution in [0, 0.1) is 4.77 Å². The number of piperidine rings is 1. The molecule has 1 unspecified atom stereocenters. The summed E-state index contributed by atoms with van der Waals surface area (Å²) < 4.78 is 2.92. The molecule has 2 aliphatic carbocycles. The average Bonchev–Trinajstić information content (AvgIpc) is 3.42. The second-order valence-electron chi connectivity index (χ2n) is 8.52. The van der Waals surface area contributed by atoms with Gasteiger partial charge < -0.3 is 9.47 Å². The lowest BCUT2D eigenvalue weighted by atomic mass is 9.63. The number of halogens is 1. The molecule has 3 aliphatic rings. The first-order valence-electron chi connectivity index (χ1n) is 10.3. The van der Waals surface area contributed by atoms with Crippen molar-refractivity contribution in [2.75, 3.05) is 13.1 Å². The monoisotopic (exact) mass is 416 g/mol. The van der Waals surface area contributed by atoms with E-state index in [0.717, 1.165) is 61.4 Å². The quantitative estimate of drug-likeness (QED) is 0.731. The first-order chi connectivity index (χ1) is 13.6. The molecule has 1 amide bonds. The van der Waals surface area contributed by atoms with Crippen LogP contribution in [-0.2, 0) is 10.2 Å². The fourth-order valence-electron chi connectivity index (χ4n) is 4.91. The third kappa shape index (κ3) is 3.01. The van der Waals surface area contributed by atoms with Crippen molar-refractivity contribution in [3.63, 3.8) is 0 Å². The number of benzene rings is 1. The number of aromatic nitrogens is 3. The summed E-state index contributed by atoms with van der Waals surface area (Å²) in [5, 5.41) is 8.24. The van der Waals surface area contributed by atoms with E-state index >= 15 is 0 Å². The maximum atomic E-state index is 13.7. The van der Waals surface area contributed by atoms with Gasteiger partial charge in [0.2, 0.25) is 5.91 Å². The molecule has 1 aromatic heterocycles. The number of aromatic amines is 1. The molecule has 1 aliphatic heterocycles. The van der Waals surface area contributed by atoms with Gasteiger partial charge in [-0.2, -0.15) is 5.10 Å². The maximum Gasteiger partial charge on any atom is 0.233 e. The van der Waals surface area contributed by atoms with Gasteiger partial charge in [-0.05, 0) is 68.4 Å². The van der Waals surface area contributed by atoms with Gasteiger partial charge in [-0.15, -0.1) is 0 Å². The third-order valence-electron chi connectivity index (χ3n) is 6.71. The van der Waals surface area contributed by atoms with Gasteiger partial charge in [0.05, 0.1) is 5.41 Å². The zero-order chi connectivity index (χ0) is 19.3. The zero-order valence-corrected chi connectivity index (χ0v) is 17.4. The predicted molar refractivity (Wildman–Crippen MR) is 111 cm³/mol. The Hall–Kier alpha value is -1.66. The lowest BCUT2D eigenvalue weighted by molar-refractivity contribution is -0.142. The fraction of sp³-hybridized carbons (Fsp3) is 0.571. The Morgan fingerprint density at radius 1 is 1.25 bits per heavy atom. The normalized spacial score (nSPS) is 24.0. The predicted octanol–water partition coefficient (Wildman–Crippen LogP) is 4.76. The highest BCUT2D eigenvalue weighted by molar-refractivity contribution is 7.71. The van der Waals surface area contributed by atoms with Crippen LogP contribution in [0.1, 0.15) is 68.3 Å². The van der Waals surface area contributed by atoms with Gasteiger partial charge in [0.1, 0.15) is 5.82 Å². The summed E-state index contributed by atoms with van der Waals surface area (Å²) in [7, 11) is 0. The fourth-order valence-corrected chi connectivity index (χ4v) is 5.39. The number of rotatable bonds is 4. The number of amides is 1. The van der Waals surface area contributed by atoms with Crippen LogP contribution >= 0.6 is 23.8 Å². The van der Waals surface area contributed by atoms with Gasteiger partial charge in [-0.25, -0.2) is 0 Å². The van der Waals surface area contributed by atoms with E-state index in [2.05, 4.69) is 25.7 Å². The molecule has 0 spiro atoms. The first-order valence-corrected chi connectivity index (χ1v) is 11.1. The van der Waals surface area contributed by atoms with E-state index in [1.54, 1.807) is 0 Å². The topological polar surface area (TPSA) is 53.9 Å². The van der Waals surface area contributed by atoms with Crippen molar-refractivity contribution in [2.24, 2.45) is 0 Å². The van der Waals surface area contributed by atoms with E-state index in [4.69, 9.17) is 23.8 Å². The van der Waals surface area contributed by atoms with E-state index in [1.807, 2.05) is 18.2 Å². The number of nitrogens with zero attached hydrogens (tertiary/aromatic N) is 3. The Labute approximate surface area is 175 Å². The summed E-state index contributed by atoms with van der Waals surface area (Å²) in [5.74, 6) is 1.55. The second kappa shape index (κ2) is 6.99. The Morgan fingerprint density at radius 3 is 2.75 bits per heavy atom. The summed E-state index contributed by atoms with van der Waals surface area (Å²) in [6.07, 6.45) is 7.33. The van der Waals surface area contributed by atoms with E-state index in [9.17, 15) is 4.79 Å². The lowest BCUT2D eigenvalue weighted by Crippen LogP contribution is -2.53. The molecule has 2 heterocycles. The van der Waals surface area contributed by atoms with Crippen LogP contribution in [0.25, 0.3) is 0 Å². The molecule has 2 aromatic rings. The summed E-state index contributed by atoms with van der Waals surface area (Å²) in [6, 6.07) is 8.36. The van der Waals surface area contributed by atoms with Gasteiger partial charge in [0.25, 0.3) is 0 Å². The molecule has 1 saturated heterocycles. The van der Waals surface area contributed by atoms with Crippen molar-refractivity contribution in [1.82, 2.24) is 19.7 Å². The molecule has 5 nitrogen and oxygen atoms in total. The maximum absolute atomic E-state index is 13.7. The van der Waals surface area contributed by atoms with Crippen LogP contribution in [0.2, 0.25) is 5.02 Å². The third-order valence-corrected chi connectivity index (χ3v) is 7.23. The minimum Gasteiger partial charge on any atom is -0.341 e. The molecule has 3 fully saturated rings. The number of carbonyl (C=O) groups is 1. The zero-order valence-electron chi connectivity index (χ0n) is 15.9. The van der Waals surface area contributed by atoms with Gasteiger partial charge in [-0.3, -0.25) is 9.89 Å². The van der Waals surface area contributed by atoms with Crippen molar-refractivity contribution in [3.8, 4) is 0 Å². The lowest BCUT2D eigenvalue weighted by Gasteiger charge is -2.46. The van der Waals surface area contributed by atoms with Gasteiger partial charge in [0, 0.05) is 30.1 Å². The van der Waals surface area contributed by atoms with Gasteiger partial charge >= 0.3 is 0 Å². The summed E-state index contributed by atoms with van der Waals surface area (Å²) in [5.41, 5.74) is 0.674. The SMILES string of the molecule is O=C(N1CCCC(c2n[nH]c(=S)n2C2CC2)C1)C1(c2cccc(Cl)c2)CCC1. The Bertz CT molecular complexity index is 959. The molecule has 5 rings (SSSR count). The van der Waals surface area contributed by atoms with Crippen molar-refractivity contribution in [1.29, 1.82) is 0 Å². The molecular formula is C21H25ClN4OS. The molecule has 1 aromatic carbocycles. The standard InChI is InChI=1S/C21H25ClN4OS/c22-16-6-1-5-15(12-16)21(9-3-10-21)19(27)25-11-2-4-14(13-25)18-23-24-20(28)26(18)17-7-8-17/h1,5-6,12,14,17H,2-4,7-11,13H2,(H,24,28). The minimum atomic E-state index is -0.395. The van der Waals surface area contributed by atoms with Crippen molar-refractivity contribution < 1.29 is 4.79 Å². The van der Waals surface area contributed by atoms with E-state index < -0.39 is 5.41 Å². The molecule has 1 atom stereocenters. The Balaban J connectivity index is 1.40. The number of H-pyrrole nitrogens is 1. The molecule has 7 heteroatoms. The van der Waals surface area contributed by atoms with Crippen LogP contribution in [0.5, 0.6) is 0 Å². The second-order valence-corrected chi connectivity index (χ2v) is 9.35. The summed E-state index contributed by atoms with van der Waals surface area (Å²) >= 11 is 11.7. The van der Waals surface area contributed by atoms with E-state index in [1.165, 1.54) is 12.8 Å². The minimum absolute atomic E-state index is 0.253. The molecular weight excluding hydrogens is 392 g/mol. The molecule has 0 radical (unpaired) electrons. The summed E-state index contributed by atoms with van der Waals surface area (Å²) in [6.45, 7) is 1.56. The number of carbonyl (C=O) groups excluding carboxylic acids is 1. The van der Waals surface area contributed by atoms with Crippen LogP contribution in [0.4, 0.5) is 0 Å². The number of hydrogen-bond acceptors (Lipinski definition) is 3. The highest BCUT2D eigenvalue weighted by Gasteiger charge is 2.48. The van der Waals surface area contributed by atoms with E-state index in [-0.39, 0.29) is 11.8 Å². The first kappa shape index (κ1) is 18.4. The Kier molecular flexibility index (Phi) is 4.59. The van der Waals surface area contributed by atoms with Gasteiger partial charge in [0.15, 0.2) is 4.77 Å². The number of likely N-dealkylation sites (tertiary alicyclic amines) is 1. The van der Waals surface area contributed by atoms with E-state index in [0.29, 0.717) is 11.1 Å². The molecule has 28 heavy (non-hydrogen) atoms. The smallest absolute Gasteiger partial charge is 0.233 e. The van der Waals surface area contributed by atoms with Crippen LogP contribution in [0.3, 0.4) is 0 Å². The molecule has 0 bridgehead atoms. The molecule has 1 N–H and O–H groups in total. The van der Waals surface area contributed by atoms with Crippen molar-refractivity contribution in [2.45, 2.75) is 62.3 Å². The highest BCUT2D eigenvalue weighted by atomic mass is 35.5. The largest absolute Gasteiger partial charge is 0.341 e. The molecule has 148 valence electrons. The highest BCUT2D eigenvalue weighted by Crippen LogP contribution is 2.47. The summed E-state index contributed by atoms with van der Waals surface area (Å²) in [4.78, 5) is 15.7. The van der Waals surface area contributed by atoms with Crippen LogP contribution in [0.15, 0.2) is 24.3 Å². The van der Waals surface area contributed by atoms with Gasteiger partial charge in [-0.1, -0.05) is 30.2 Å². The van der Waals surface area contributed by atoms with Crippen LogP contribution in [-0.4, -0.2) is 38.7 Å². The van der Waals surface area contributed by atoms with Crippen molar-refractivity contribution >= 4 is 29.7 Å². The van der Waals surface area contributed by atoms with Crippen LogP contribution < -0.4 is 0 Å². The van der Waals surface area contributed by atoms with Crippen molar-refractivity contribution in [3.05, 3.63) is 45.4 Å². The average molecular weight is 417 g/mol. The Morgan fingerprint density at radius 2 is 2.07 bits per heavy atom.